The maximum Gasteiger partial charge on any atom is 0.226 e. The molecule has 2 aromatic rings. The SMILES string of the molecule is Clc1ccc(-c2ncc(C3CC3)o2)cc1. The second-order valence-corrected chi connectivity index (χ2v) is 4.29. The minimum atomic E-state index is 0.610. The second-order valence-electron chi connectivity index (χ2n) is 3.85. The van der Waals surface area contributed by atoms with Crippen molar-refractivity contribution in [3.63, 3.8) is 0 Å². The highest BCUT2D eigenvalue weighted by molar-refractivity contribution is 6.30. The fourth-order valence-corrected chi connectivity index (χ4v) is 1.70. The van der Waals surface area contributed by atoms with Crippen LogP contribution in [-0.2, 0) is 0 Å². The molecule has 0 saturated heterocycles. The first-order valence-electron chi connectivity index (χ1n) is 5.04. The van der Waals surface area contributed by atoms with Crippen molar-refractivity contribution in [3.8, 4) is 11.5 Å². The zero-order valence-electron chi connectivity index (χ0n) is 8.11. The van der Waals surface area contributed by atoms with E-state index in [4.69, 9.17) is 16.0 Å². The van der Waals surface area contributed by atoms with Gasteiger partial charge in [0.05, 0.1) is 6.20 Å². The Hall–Kier alpha value is -1.28. The molecule has 2 nitrogen and oxygen atoms in total. The maximum atomic E-state index is 5.81. The Morgan fingerprint density at radius 1 is 1.20 bits per heavy atom. The minimum Gasteiger partial charge on any atom is -0.441 e. The van der Waals surface area contributed by atoms with Gasteiger partial charge >= 0.3 is 0 Å². The van der Waals surface area contributed by atoms with Crippen LogP contribution in [0.4, 0.5) is 0 Å². The first-order valence-corrected chi connectivity index (χ1v) is 5.42. The van der Waals surface area contributed by atoms with Crippen LogP contribution < -0.4 is 0 Å². The van der Waals surface area contributed by atoms with Crippen LogP contribution in [0, 0.1) is 0 Å². The lowest BCUT2D eigenvalue weighted by Gasteiger charge is -1.95. The van der Waals surface area contributed by atoms with E-state index in [1.54, 1.807) is 0 Å². The minimum absolute atomic E-state index is 0.610. The van der Waals surface area contributed by atoms with Gasteiger partial charge in [-0.2, -0.15) is 0 Å². The molecule has 0 bridgehead atoms. The van der Waals surface area contributed by atoms with Crippen molar-refractivity contribution in [2.24, 2.45) is 0 Å². The fourth-order valence-electron chi connectivity index (χ4n) is 1.57. The lowest BCUT2D eigenvalue weighted by Crippen LogP contribution is -1.75. The summed E-state index contributed by atoms with van der Waals surface area (Å²) >= 11 is 5.81. The lowest BCUT2D eigenvalue weighted by molar-refractivity contribution is 0.520. The molecule has 0 atom stereocenters. The molecule has 1 aromatic carbocycles. The number of benzene rings is 1. The molecule has 0 unspecified atom stereocenters. The van der Waals surface area contributed by atoms with Crippen LogP contribution in [0.1, 0.15) is 24.5 Å². The Labute approximate surface area is 92.9 Å². The van der Waals surface area contributed by atoms with Crippen LogP contribution >= 0.6 is 11.6 Å². The molecule has 1 aliphatic carbocycles. The average Bonchev–Trinajstić information content (AvgIpc) is 2.99. The van der Waals surface area contributed by atoms with Crippen LogP contribution in [0.2, 0.25) is 5.02 Å². The van der Waals surface area contributed by atoms with Crippen molar-refractivity contribution in [2.45, 2.75) is 18.8 Å². The summed E-state index contributed by atoms with van der Waals surface area (Å²) in [6, 6.07) is 7.53. The number of halogens is 1. The van der Waals surface area contributed by atoms with Crippen molar-refractivity contribution in [1.29, 1.82) is 0 Å². The Morgan fingerprint density at radius 3 is 2.60 bits per heavy atom. The van der Waals surface area contributed by atoms with E-state index in [1.807, 2.05) is 30.5 Å². The lowest BCUT2D eigenvalue weighted by atomic mass is 10.2. The fraction of sp³-hybridized carbons (Fsp3) is 0.250. The van der Waals surface area contributed by atoms with Gasteiger partial charge < -0.3 is 4.42 Å². The van der Waals surface area contributed by atoms with Crippen molar-refractivity contribution >= 4 is 11.6 Å². The molecule has 0 radical (unpaired) electrons. The molecule has 15 heavy (non-hydrogen) atoms. The third-order valence-electron chi connectivity index (χ3n) is 2.59. The van der Waals surface area contributed by atoms with Crippen molar-refractivity contribution in [3.05, 3.63) is 41.2 Å². The Morgan fingerprint density at radius 2 is 1.93 bits per heavy atom. The molecule has 1 saturated carbocycles. The number of aromatic nitrogens is 1. The van der Waals surface area contributed by atoms with E-state index in [0.29, 0.717) is 11.8 Å². The summed E-state index contributed by atoms with van der Waals surface area (Å²) in [5.74, 6) is 2.31. The van der Waals surface area contributed by atoms with Crippen molar-refractivity contribution < 1.29 is 4.42 Å². The van der Waals surface area contributed by atoms with Gasteiger partial charge in [0.15, 0.2) is 0 Å². The zero-order chi connectivity index (χ0) is 10.3. The molecular formula is C12H10ClNO. The molecule has 1 aromatic heterocycles. The van der Waals surface area contributed by atoms with Crippen LogP contribution in [0.3, 0.4) is 0 Å². The van der Waals surface area contributed by atoms with E-state index in [0.717, 1.165) is 16.3 Å². The van der Waals surface area contributed by atoms with Crippen LogP contribution in [0.15, 0.2) is 34.9 Å². The Kier molecular flexibility index (Phi) is 2.03. The highest BCUT2D eigenvalue weighted by Crippen LogP contribution is 2.41. The number of nitrogens with zero attached hydrogens (tertiary/aromatic N) is 1. The maximum absolute atomic E-state index is 5.81. The van der Waals surface area contributed by atoms with Gasteiger partial charge in [0.25, 0.3) is 0 Å². The largest absolute Gasteiger partial charge is 0.441 e. The van der Waals surface area contributed by atoms with Crippen LogP contribution in [0.5, 0.6) is 0 Å². The summed E-state index contributed by atoms with van der Waals surface area (Å²) < 4.78 is 5.68. The third-order valence-corrected chi connectivity index (χ3v) is 2.85. The smallest absolute Gasteiger partial charge is 0.226 e. The Bertz CT molecular complexity index is 471. The summed E-state index contributed by atoms with van der Waals surface area (Å²) in [5.41, 5.74) is 0.978. The van der Waals surface area contributed by atoms with E-state index in [-0.39, 0.29) is 0 Å². The molecule has 3 heteroatoms. The number of hydrogen-bond acceptors (Lipinski definition) is 2. The summed E-state index contributed by atoms with van der Waals surface area (Å²) in [5, 5.41) is 0.729. The van der Waals surface area contributed by atoms with Gasteiger partial charge in [0.1, 0.15) is 5.76 Å². The average molecular weight is 220 g/mol. The van der Waals surface area contributed by atoms with E-state index in [9.17, 15) is 0 Å². The molecule has 3 rings (SSSR count). The monoisotopic (exact) mass is 219 g/mol. The molecule has 1 aliphatic rings. The van der Waals surface area contributed by atoms with Gasteiger partial charge in [-0.05, 0) is 37.1 Å². The molecule has 0 spiro atoms. The van der Waals surface area contributed by atoms with Crippen LogP contribution in [0.25, 0.3) is 11.5 Å². The van der Waals surface area contributed by atoms with E-state index in [1.165, 1.54) is 12.8 Å². The normalized spacial score (nSPS) is 15.5. The second kappa shape index (κ2) is 3.38. The quantitative estimate of drug-likeness (QED) is 0.766. The number of oxazole rings is 1. The van der Waals surface area contributed by atoms with Gasteiger partial charge in [-0.25, -0.2) is 4.98 Å². The molecule has 76 valence electrons. The van der Waals surface area contributed by atoms with E-state index >= 15 is 0 Å². The topological polar surface area (TPSA) is 26.0 Å². The molecular weight excluding hydrogens is 210 g/mol. The molecule has 1 fully saturated rings. The standard InChI is InChI=1S/C12H10ClNO/c13-10-5-3-9(4-6-10)12-14-7-11(15-12)8-1-2-8/h3-8H,1-2H2. The highest BCUT2D eigenvalue weighted by atomic mass is 35.5. The molecule has 0 N–H and O–H groups in total. The summed E-state index contributed by atoms with van der Waals surface area (Å²) in [6.07, 6.45) is 4.30. The van der Waals surface area contributed by atoms with E-state index in [2.05, 4.69) is 4.98 Å². The first-order chi connectivity index (χ1) is 7.33. The van der Waals surface area contributed by atoms with Crippen LogP contribution in [-0.4, -0.2) is 4.98 Å². The van der Waals surface area contributed by atoms with Gasteiger partial charge in [0.2, 0.25) is 5.89 Å². The highest BCUT2D eigenvalue weighted by Gasteiger charge is 2.27. The summed E-state index contributed by atoms with van der Waals surface area (Å²) in [6.45, 7) is 0. The van der Waals surface area contributed by atoms with Gasteiger partial charge in [-0.15, -0.1) is 0 Å². The summed E-state index contributed by atoms with van der Waals surface area (Å²) in [4.78, 5) is 4.27. The molecule has 1 heterocycles. The number of hydrogen-bond donors (Lipinski definition) is 0. The molecule has 0 amide bonds. The first kappa shape index (κ1) is 8.98. The zero-order valence-corrected chi connectivity index (χ0v) is 8.87. The van der Waals surface area contributed by atoms with Gasteiger partial charge in [0, 0.05) is 16.5 Å². The number of rotatable bonds is 2. The predicted octanol–water partition coefficient (Wildman–Crippen LogP) is 3.87. The molecule has 0 aliphatic heterocycles. The third kappa shape index (κ3) is 1.77. The summed E-state index contributed by atoms with van der Waals surface area (Å²) in [7, 11) is 0. The Balaban J connectivity index is 1.93. The van der Waals surface area contributed by atoms with Gasteiger partial charge in [-0.3, -0.25) is 0 Å². The van der Waals surface area contributed by atoms with Crippen molar-refractivity contribution in [1.82, 2.24) is 4.98 Å². The van der Waals surface area contributed by atoms with Crippen molar-refractivity contribution in [2.75, 3.05) is 0 Å². The predicted molar refractivity (Wildman–Crippen MR) is 58.9 cm³/mol. The van der Waals surface area contributed by atoms with Gasteiger partial charge in [-0.1, -0.05) is 11.6 Å². The van der Waals surface area contributed by atoms with E-state index < -0.39 is 0 Å².